The van der Waals surface area contributed by atoms with Crippen molar-refractivity contribution in [3.8, 4) is 12.1 Å². The summed E-state index contributed by atoms with van der Waals surface area (Å²) in [6.45, 7) is 2.80. The van der Waals surface area contributed by atoms with Crippen LogP contribution in [0.5, 0.6) is 0 Å². The Bertz CT molecular complexity index is 3300. The van der Waals surface area contributed by atoms with Crippen molar-refractivity contribution < 1.29 is 47.7 Å². The van der Waals surface area contributed by atoms with Gasteiger partial charge in [0.15, 0.2) is 0 Å². The highest BCUT2D eigenvalue weighted by molar-refractivity contribution is 7.13. The van der Waals surface area contributed by atoms with E-state index >= 15 is 0 Å². The Morgan fingerprint density at radius 1 is 0.603 bits per heavy atom. The molecule has 78 heavy (non-hydrogen) atoms. The van der Waals surface area contributed by atoms with Gasteiger partial charge in [-0.3, -0.25) is 19.2 Å². The lowest BCUT2D eigenvalue weighted by Crippen LogP contribution is -2.46. The first-order chi connectivity index (χ1) is 37.8. The molecule has 8 aliphatic rings. The predicted molar refractivity (Wildman–Crippen MR) is 288 cm³/mol. The minimum Gasteiger partial charge on any atom is -0.487 e. The summed E-state index contributed by atoms with van der Waals surface area (Å²) in [5.74, 6) is -1.76. The number of allylic oxidation sites excluding steroid dienone is 4. The molecule has 4 atom stereocenters. The molecule has 0 bridgehead atoms. The van der Waals surface area contributed by atoms with Crippen LogP contribution in [0.15, 0.2) is 130 Å². The molecule has 0 saturated heterocycles. The van der Waals surface area contributed by atoms with Crippen LogP contribution in [0.3, 0.4) is 0 Å². The normalized spacial score (nSPS) is 24.9. The first-order valence-corrected chi connectivity index (χ1v) is 28.4. The zero-order chi connectivity index (χ0) is 54.0. The van der Waals surface area contributed by atoms with Gasteiger partial charge in [0.2, 0.25) is 0 Å². The van der Waals surface area contributed by atoms with E-state index in [0.29, 0.717) is 20.9 Å². The summed E-state index contributed by atoms with van der Waals surface area (Å²) in [4.78, 5) is 87.1. The first kappa shape index (κ1) is 50.9. The van der Waals surface area contributed by atoms with Crippen LogP contribution in [-0.4, -0.2) is 45.6 Å². The molecule has 0 radical (unpaired) electrons. The average Bonchev–Trinajstić information content (AvgIpc) is 4.29. The minimum absolute atomic E-state index is 0.0705. The van der Waals surface area contributed by atoms with E-state index in [1.54, 1.807) is 97.2 Å². The number of nitriles is 2. The molecule has 0 N–H and O–H groups in total. The van der Waals surface area contributed by atoms with Crippen LogP contribution in [0, 0.1) is 34.5 Å². The highest BCUT2D eigenvalue weighted by Crippen LogP contribution is 2.62. The number of ether oxygens (including phenoxy) is 4. The van der Waals surface area contributed by atoms with Gasteiger partial charge in [0.25, 0.3) is 23.6 Å². The highest BCUT2D eigenvalue weighted by atomic mass is 32.1. The number of hydrogen-bond acceptors (Lipinski definition) is 14. The molecule has 16 heteroatoms. The molecule has 4 unspecified atom stereocenters. The van der Waals surface area contributed by atoms with E-state index < -0.39 is 47.0 Å². The molecule has 2 aromatic carbocycles. The zero-order valence-corrected chi connectivity index (χ0v) is 44.8. The topological polar surface area (TPSA) is 193 Å². The standard InChI is InChI=1S/C62H54N4O10S2/c1-35-43(55(67)65(57(69)47(35)31-63)59(71)73-33-37-15-7-3-8-16-37)27-41-29-49-53(77-41)45-23-39-26-52-46(24-40(39)25-51(45)75-61(49)19-11-5-12-20-61)54-50(62(76-52)21-13-6-14-22-62)30-42(78-54)28-44-36(2)48(32-64)58(70)66(56(44)68)60(72)74-34-38-17-9-4-10-18-38/h3-4,7-10,15-18,25-30,39-40,45-46H,5-6,11-14,19-24,33-34H2,1-2H3/b43-27-,44-28+. The minimum atomic E-state index is -1.15. The Hall–Kier alpha value is -7.92. The van der Waals surface area contributed by atoms with Crippen LogP contribution in [0.1, 0.15) is 144 Å². The monoisotopic (exact) mass is 1080 g/mol. The smallest absolute Gasteiger partial charge is 0.424 e. The Morgan fingerprint density at radius 3 is 1.36 bits per heavy atom. The van der Waals surface area contributed by atoms with Gasteiger partial charge in [0, 0.05) is 41.8 Å². The second-order valence-corrected chi connectivity index (χ2v) is 23.8. The quantitative estimate of drug-likeness (QED) is 0.131. The Labute approximate surface area is 459 Å². The van der Waals surface area contributed by atoms with Gasteiger partial charge in [-0.1, -0.05) is 73.5 Å². The summed E-state index contributed by atoms with van der Waals surface area (Å²) in [6, 6.07) is 25.9. The maximum Gasteiger partial charge on any atom is 0.424 e. The molecule has 394 valence electrons. The number of thiophene rings is 2. The van der Waals surface area contributed by atoms with Gasteiger partial charge in [0.1, 0.15) is 59.2 Å². The van der Waals surface area contributed by atoms with Gasteiger partial charge in [-0.05, 0) is 149 Å². The van der Waals surface area contributed by atoms with Crippen LogP contribution in [0.25, 0.3) is 12.2 Å². The van der Waals surface area contributed by atoms with E-state index in [1.807, 2.05) is 24.3 Å². The highest BCUT2D eigenvalue weighted by Gasteiger charge is 2.53. The lowest BCUT2D eigenvalue weighted by Gasteiger charge is -2.50. The molecular weight excluding hydrogens is 1020 g/mol. The van der Waals surface area contributed by atoms with Crippen molar-refractivity contribution in [2.24, 2.45) is 11.8 Å². The number of carbonyl (C=O) groups excluding carboxylic acids is 6. The van der Waals surface area contributed by atoms with E-state index in [0.717, 1.165) is 109 Å². The summed E-state index contributed by atoms with van der Waals surface area (Å²) in [6.07, 6.45) is 16.7. The van der Waals surface area contributed by atoms with E-state index in [9.17, 15) is 39.3 Å². The lowest BCUT2D eigenvalue weighted by molar-refractivity contribution is -0.140. The maximum atomic E-state index is 14.2. The van der Waals surface area contributed by atoms with Gasteiger partial charge in [0.05, 0.1) is 11.8 Å². The Morgan fingerprint density at radius 2 is 0.987 bits per heavy atom. The van der Waals surface area contributed by atoms with Crippen molar-refractivity contribution in [3.63, 3.8) is 0 Å². The van der Waals surface area contributed by atoms with Crippen molar-refractivity contribution in [1.82, 2.24) is 9.80 Å². The molecule has 4 aliphatic carbocycles. The lowest BCUT2D eigenvalue weighted by atomic mass is 9.65. The number of fused-ring (bicyclic) bond motifs is 9. The third-order valence-corrected chi connectivity index (χ3v) is 19.4. The fourth-order valence-corrected chi connectivity index (χ4v) is 15.6. The first-order valence-electron chi connectivity index (χ1n) is 26.7. The zero-order valence-electron chi connectivity index (χ0n) is 43.1. The number of benzene rings is 2. The molecule has 14 nitrogen and oxygen atoms in total. The SMILES string of the molecule is CC1=C(C#N)C(=O)N(C(=O)OCc2ccccc2)C(=O)/C1=C\c1cc2c(s1)C1CC3C=C4OC5(CCCCC5)c5cc(/C=C6/C(=O)N(C(=O)OCc7ccccc7)C(=O)C(C#N)=C6C)sc5C4CC3C=C1OC21CCCCC1. The van der Waals surface area contributed by atoms with E-state index in [2.05, 4.69) is 24.3 Å². The third-order valence-electron chi connectivity index (χ3n) is 17.0. The van der Waals surface area contributed by atoms with Gasteiger partial charge in [-0.2, -0.15) is 20.3 Å². The fraction of sp³-hybridized carbons (Fsp3) is 0.355. The molecule has 12 rings (SSSR count). The number of amides is 6. The van der Waals surface area contributed by atoms with Gasteiger partial charge in [-0.25, -0.2) is 9.59 Å². The van der Waals surface area contributed by atoms with Gasteiger partial charge in [-0.15, -0.1) is 22.7 Å². The van der Waals surface area contributed by atoms with E-state index in [-0.39, 0.29) is 70.3 Å². The molecule has 2 saturated carbocycles. The second-order valence-electron chi connectivity index (χ2n) is 21.5. The van der Waals surface area contributed by atoms with E-state index in [1.165, 1.54) is 9.75 Å². The molecule has 6 amide bonds. The summed E-state index contributed by atoms with van der Waals surface area (Å²) in [7, 11) is 0. The van der Waals surface area contributed by atoms with Crippen molar-refractivity contribution in [2.45, 2.75) is 127 Å². The number of imide groups is 6. The summed E-state index contributed by atoms with van der Waals surface area (Å²) >= 11 is 3.17. The van der Waals surface area contributed by atoms with Crippen molar-refractivity contribution in [1.29, 1.82) is 10.5 Å². The molecular formula is C62H54N4O10S2. The molecule has 2 spiro atoms. The second kappa shape index (κ2) is 20.1. The van der Waals surface area contributed by atoms with Crippen LogP contribution in [-0.2, 0) is 62.5 Å². The molecule has 2 aromatic heterocycles. The Kier molecular flexibility index (Phi) is 13.1. The molecule has 4 aromatic rings. The maximum absolute atomic E-state index is 14.2. The largest absolute Gasteiger partial charge is 0.487 e. The predicted octanol–water partition coefficient (Wildman–Crippen LogP) is 12.7. The summed E-state index contributed by atoms with van der Waals surface area (Å²) < 4.78 is 25.5. The van der Waals surface area contributed by atoms with Crippen molar-refractivity contribution >= 4 is 70.6 Å². The number of rotatable bonds is 6. The molecule has 4 aliphatic heterocycles. The number of carbonyl (C=O) groups is 6. The van der Waals surface area contributed by atoms with Gasteiger partial charge >= 0.3 is 12.2 Å². The van der Waals surface area contributed by atoms with Gasteiger partial charge < -0.3 is 18.9 Å². The summed E-state index contributed by atoms with van der Waals surface area (Å²) in [5, 5.41) is 20.3. The van der Waals surface area contributed by atoms with Crippen molar-refractivity contribution in [2.75, 3.05) is 0 Å². The van der Waals surface area contributed by atoms with Crippen LogP contribution in [0.2, 0.25) is 0 Å². The Balaban J connectivity index is 0.864. The molecule has 6 heterocycles. The van der Waals surface area contributed by atoms with Crippen LogP contribution >= 0.6 is 22.7 Å². The third kappa shape index (κ3) is 8.66. The average molecular weight is 1080 g/mol. The molecule has 2 fully saturated rings. The van der Waals surface area contributed by atoms with Crippen LogP contribution < -0.4 is 0 Å². The number of nitrogens with zero attached hydrogens (tertiary/aromatic N) is 4. The number of hydrogen-bond donors (Lipinski definition) is 0. The fourth-order valence-electron chi connectivity index (χ4n) is 13.0. The summed E-state index contributed by atoms with van der Waals surface area (Å²) in [5.41, 5.74) is 2.33. The van der Waals surface area contributed by atoms with Crippen molar-refractivity contribution in [3.05, 3.63) is 172 Å². The van der Waals surface area contributed by atoms with E-state index in [4.69, 9.17) is 18.9 Å². The van der Waals surface area contributed by atoms with Crippen LogP contribution in [0.4, 0.5) is 9.59 Å².